The van der Waals surface area contributed by atoms with E-state index in [4.69, 9.17) is 0 Å². The molecule has 0 aliphatic carbocycles. The van der Waals surface area contributed by atoms with Gasteiger partial charge in [0.1, 0.15) is 0 Å². The molecule has 0 aromatic carbocycles. The van der Waals surface area contributed by atoms with Crippen LogP contribution < -0.4 is 10.6 Å². The number of rotatable bonds is 4. The lowest BCUT2D eigenvalue weighted by Crippen LogP contribution is -2.45. The van der Waals surface area contributed by atoms with Gasteiger partial charge in [0.2, 0.25) is 0 Å². The van der Waals surface area contributed by atoms with Gasteiger partial charge in [0, 0.05) is 19.2 Å². The van der Waals surface area contributed by atoms with Gasteiger partial charge in [0.05, 0.1) is 0 Å². The Hall–Kier alpha value is -1.60. The summed E-state index contributed by atoms with van der Waals surface area (Å²) < 4.78 is 0. The average molecular weight is 303 g/mol. The standard InChI is InChI=1S/C12H18N4O3.ClH/c1-12(5-2-6-13-7-12)8-14-11(17)9-3-4-10(15-9)16(18)19;/h3-4,13,15H,2,5-8H2,1H3,(H,14,17);1H. The van der Waals surface area contributed by atoms with Crippen molar-refractivity contribution < 1.29 is 9.72 Å². The molecular weight excluding hydrogens is 284 g/mol. The van der Waals surface area contributed by atoms with Crippen molar-refractivity contribution >= 4 is 24.1 Å². The molecule has 7 nitrogen and oxygen atoms in total. The van der Waals surface area contributed by atoms with Crippen molar-refractivity contribution in [2.45, 2.75) is 19.8 Å². The predicted octanol–water partition coefficient (Wildman–Crippen LogP) is 1.46. The number of halogens is 1. The molecule has 0 spiro atoms. The summed E-state index contributed by atoms with van der Waals surface area (Å²) in [6.45, 7) is 4.58. The van der Waals surface area contributed by atoms with Gasteiger partial charge in [0.15, 0.2) is 5.69 Å². The number of carbonyl (C=O) groups is 1. The van der Waals surface area contributed by atoms with Crippen molar-refractivity contribution in [2.24, 2.45) is 5.41 Å². The normalized spacial score (nSPS) is 21.9. The van der Waals surface area contributed by atoms with Crippen LogP contribution in [-0.2, 0) is 0 Å². The van der Waals surface area contributed by atoms with Gasteiger partial charge in [-0.3, -0.25) is 4.79 Å². The van der Waals surface area contributed by atoms with Gasteiger partial charge >= 0.3 is 5.82 Å². The number of piperidine rings is 1. The number of aromatic amines is 1. The number of nitrogens with one attached hydrogen (secondary N) is 3. The molecule has 1 fully saturated rings. The third kappa shape index (κ3) is 3.94. The van der Waals surface area contributed by atoms with E-state index in [9.17, 15) is 14.9 Å². The van der Waals surface area contributed by atoms with Gasteiger partial charge in [-0.05, 0) is 35.8 Å². The zero-order valence-electron chi connectivity index (χ0n) is 11.3. The first-order valence-corrected chi connectivity index (χ1v) is 6.32. The summed E-state index contributed by atoms with van der Waals surface area (Å²) in [6.07, 6.45) is 2.16. The Kier molecular flexibility index (Phi) is 5.52. The minimum atomic E-state index is -0.552. The number of carbonyl (C=O) groups excluding carboxylic acids is 1. The fraction of sp³-hybridized carbons (Fsp3) is 0.583. The van der Waals surface area contributed by atoms with Crippen LogP contribution >= 0.6 is 12.4 Å². The lowest BCUT2D eigenvalue weighted by Gasteiger charge is -2.34. The van der Waals surface area contributed by atoms with Gasteiger partial charge in [-0.1, -0.05) is 6.92 Å². The van der Waals surface area contributed by atoms with Gasteiger partial charge in [-0.25, -0.2) is 4.98 Å². The zero-order chi connectivity index (χ0) is 13.9. The van der Waals surface area contributed by atoms with E-state index in [-0.39, 0.29) is 35.2 Å². The second-order valence-corrected chi connectivity index (χ2v) is 5.29. The summed E-state index contributed by atoms with van der Waals surface area (Å²) in [6, 6.07) is 2.72. The molecule has 1 aliphatic heterocycles. The van der Waals surface area contributed by atoms with E-state index in [0.717, 1.165) is 25.9 Å². The van der Waals surface area contributed by atoms with Gasteiger partial charge in [-0.15, -0.1) is 12.4 Å². The Morgan fingerprint density at radius 1 is 1.55 bits per heavy atom. The zero-order valence-corrected chi connectivity index (χ0v) is 12.1. The Bertz CT molecular complexity index is 483. The van der Waals surface area contributed by atoms with Crippen LogP contribution in [0.1, 0.15) is 30.3 Å². The van der Waals surface area contributed by atoms with Crippen molar-refractivity contribution in [2.75, 3.05) is 19.6 Å². The first-order chi connectivity index (χ1) is 9.00. The topological polar surface area (TPSA) is 100 Å². The van der Waals surface area contributed by atoms with Crippen molar-refractivity contribution in [3.8, 4) is 0 Å². The maximum absolute atomic E-state index is 11.9. The van der Waals surface area contributed by atoms with E-state index in [1.54, 1.807) is 0 Å². The highest BCUT2D eigenvalue weighted by molar-refractivity contribution is 5.92. The maximum atomic E-state index is 11.9. The molecule has 1 aliphatic rings. The summed E-state index contributed by atoms with van der Waals surface area (Å²) >= 11 is 0. The van der Waals surface area contributed by atoms with Crippen molar-refractivity contribution in [3.05, 3.63) is 27.9 Å². The van der Waals surface area contributed by atoms with Crippen LogP contribution in [0, 0.1) is 15.5 Å². The molecule has 1 saturated heterocycles. The molecule has 1 aromatic rings. The predicted molar refractivity (Wildman–Crippen MR) is 77.2 cm³/mol. The monoisotopic (exact) mass is 302 g/mol. The summed E-state index contributed by atoms with van der Waals surface area (Å²) in [7, 11) is 0. The molecule has 3 N–H and O–H groups in total. The van der Waals surface area contributed by atoms with Crippen LogP contribution in [0.4, 0.5) is 5.82 Å². The minimum Gasteiger partial charge on any atom is -0.358 e. The molecule has 0 radical (unpaired) electrons. The average Bonchev–Trinajstić information content (AvgIpc) is 2.87. The molecular formula is C12H19ClN4O3. The molecule has 112 valence electrons. The van der Waals surface area contributed by atoms with Crippen LogP contribution in [-0.4, -0.2) is 35.4 Å². The Morgan fingerprint density at radius 2 is 2.30 bits per heavy atom. The molecule has 2 rings (SSSR count). The molecule has 8 heteroatoms. The number of hydrogen-bond acceptors (Lipinski definition) is 4. The lowest BCUT2D eigenvalue weighted by molar-refractivity contribution is -0.389. The number of nitrogens with zero attached hydrogens (tertiary/aromatic N) is 1. The van der Waals surface area contributed by atoms with Crippen LogP contribution in [0.3, 0.4) is 0 Å². The number of aromatic nitrogens is 1. The highest BCUT2D eigenvalue weighted by Gasteiger charge is 2.27. The molecule has 1 aromatic heterocycles. The van der Waals surface area contributed by atoms with Gasteiger partial charge in [0.25, 0.3) is 5.91 Å². The largest absolute Gasteiger partial charge is 0.358 e. The van der Waals surface area contributed by atoms with E-state index in [1.807, 2.05) is 0 Å². The summed E-state index contributed by atoms with van der Waals surface area (Å²) in [4.78, 5) is 24.3. The van der Waals surface area contributed by atoms with Gasteiger partial charge in [-0.2, -0.15) is 0 Å². The van der Waals surface area contributed by atoms with Gasteiger partial charge < -0.3 is 20.7 Å². The summed E-state index contributed by atoms with van der Waals surface area (Å²) in [5, 5.41) is 16.7. The SMILES string of the molecule is CC1(CNC(=O)c2ccc([N+](=O)[O-])[nH]2)CCCNC1.Cl. The molecule has 0 bridgehead atoms. The molecule has 1 amide bonds. The van der Waals surface area contributed by atoms with Crippen LogP contribution in [0.15, 0.2) is 12.1 Å². The first-order valence-electron chi connectivity index (χ1n) is 6.32. The molecule has 1 unspecified atom stereocenters. The molecule has 2 heterocycles. The van der Waals surface area contributed by atoms with E-state index >= 15 is 0 Å². The van der Waals surface area contributed by atoms with E-state index in [0.29, 0.717) is 6.54 Å². The fourth-order valence-corrected chi connectivity index (χ4v) is 2.28. The van der Waals surface area contributed by atoms with Crippen molar-refractivity contribution in [3.63, 3.8) is 0 Å². The van der Waals surface area contributed by atoms with Crippen LogP contribution in [0.5, 0.6) is 0 Å². The second kappa shape index (κ2) is 6.71. The molecule has 1 atom stereocenters. The molecule has 0 saturated carbocycles. The highest BCUT2D eigenvalue weighted by Crippen LogP contribution is 2.24. The lowest BCUT2D eigenvalue weighted by atomic mass is 9.83. The Balaban J connectivity index is 0.00000200. The first kappa shape index (κ1) is 16.5. The highest BCUT2D eigenvalue weighted by atomic mass is 35.5. The Labute approximate surface area is 123 Å². The third-order valence-corrected chi connectivity index (χ3v) is 3.47. The van der Waals surface area contributed by atoms with E-state index in [1.165, 1.54) is 12.1 Å². The van der Waals surface area contributed by atoms with Crippen LogP contribution in [0.2, 0.25) is 0 Å². The maximum Gasteiger partial charge on any atom is 0.321 e. The number of hydrogen-bond donors (Lipinski definition) is 3. The minimum absolute atomic E-state index is 0. The fourth-order valence-electron chi connectivity index (χ4n) is 2.28. The summed E-state index contributed by atoms with van der Waals surface area (Å²) in [5.74, 6) is -0.476. The second-order valence-electron chi connectivity index (χ2n) is 5.29. The Morgan fingerprint density at radius 3 is 2.85 bits per heavy atom. The smallest absolute Gasteiger partial charge is 0.321 e. The number of amides is 1. The third-order valence-electron chi connectivity index (χ3n) is 3.47. The van der Waals surface area contributed by atoms with Crippen molar-refractivity contribution in [1.29, 1.82) is 0 Å². The van der Waals surface area contributed by atoms with Crippen molar-refractivity contribution in [1.82, 2.24) is 15.6 Å². The van der Waals surface area contributed by atoms with E-state index in [2.05, 4.69) is 22.5 Å². The summed E-state index contributed by atoms with van der Waals surface area (Å²) in [5.41, 5.74) is 0.269. The quantitative estimate of drug-likeness (QED) is 0.579. The number of nitro groups is 1. The number of H-pyrrole nitrogens is 1. The van der Waals surface area contributed by atoms with Crippen LogP contribution in [0.25, 0.3) is 0 Å². The van der Waals surface area contributed by atoms with E-state index < -0.39 is 4.92 Å². The molecule has 20 heavy (non-hydrogen) atoms.